The molecule has 0 radical (unpaired) electrons. The Bertz CT molecular complexity index is 860. The van der Waals surface area contributed by atoms with Gasteiger partial charge in [-0.3, -0.25) is 4.79 Å². The van der Waals surface area contributed by atoms with E-state index in [1.807, 2.05) is 12.1 Å². The number of hydrogen-bond donors (Lipinski definition) is 1. The molecule has 1 aliphatic heterocycles. The molecule has 1 amide bonds. The molecule has 0 bridgehead atoms. The predicted molar refractivity (Wildman–Crippen MR) is 109 cm³/mol. The lowest BCUT2D eigenvalue weighted by atomic mass is 9.97. The molecule has 2 fully saturated rings. The molecule has 4 rings (SSSR count). The quantitative estimate of drug-likeness (QED) is 0.690. The standard InChI is InChI=1S/C23H25F3N2O2/c24-23(25,26)30-21-11-6-17(7-12-21)22(29)27-19-8-3-16(4-9-19)18-5-10-20(15-18)28-13-1-2-14-28/h3-4,6-9,11-12,18,20H,1-2,5,10,13-15H2,(H,27,29). The molecular formula is C23H25F3N2O2. The van der Waals surface area contributed by atoms with Crippen molar-refractivity contribution in [2.75, 3.05) is 18.4 Å². The van der Waals surface area contributed by atoms with Gasteiger partial charge >= 0.3 is 6.36 Å². The molecule has 0 aromatic heterocycles. The fourth-order valence-corrected chi connectivity index (χ4v) is 4.55. The van der Waals surface area contributed by atoms with Crippen LogP contribution in [0.15, 0.2) is 48.5 Å². The first-order chi connectivity index (χ1) is 14.4. The van der Waals surface area contributed by atoms with Gasteiger partial charge in [-0.25, -0.2) is 0 Å². The van der Waals surface area contributed by atoms with E-state index in [9.17, 15) is 18.0 Å². The van der Waals surface area contributed by atoms with Crippen LogP contribution in [0.25, 0.3) is 0 Å². The van der Waals surface area contributed by atoms with Crippen molar-refractivity contribution in [2.24, 2.45) is 0 Å². The summed E-state index contributed by atoms with van der Waals surface area (Å²) in [4.78, 5) is 15.0. The minimum Gasteiger partial charge on any atom is -0.406 e. The number of rotatable bonds is 5. The van der Waals surface area contributed by atoms with E-state index in [0.29, 0.717) is 17.6 Å². The Labute approximate surface area is 174 Å². The van der Waals surface area contributed by atoms with Gasteiger partial charge < -0.3 is 15.0 Å². The number of halogens is 3. The van der Waals surface area contributed by atoms with Crippen LogP contribution in [-0.4, -0.2) is 36.3 Å². The fraction of sp³-hybridized carbons (Fsp3) is 0.435. The normalized spacial score (nSPS) is 22.2. The zero-order valence-corrected chi connectivity index (χ0v) is 16.6. The third kappa shape index (κ3) is 5.14. The van der Waals surface area contributed by atoms with Crippen molar-refractivity contribution in [3.63, 3.8) is 0 Å². The van der Waals surface area contributed by atoms with Gasteiger partial charge in [0.05, 0.1) is 0 Å². The first kappa shape index (κ1) is 20.7. The molecule has 7 heteroatoms. The van der Waals surface area contributed by atoms with Gasteiger partial charge in [0.25, 0.3) is 5.91 Å². The number of likely N-dealkylation sites (tertiary alicyclic amines) is 1. The molecule has 2 aromatic carbocycles. The van der Waals surface area contributed by atoms with Crippen LogP contribution in [0.4, 0.5) is 18.9 Å². The summed E-state index contributed by atoms with van der Waals surface area (Å²) in [6.07, 6.45) is 1.51. The molecule has 2 unspecified atom stereocenters. The van der Waals surface area contributed by atoms with E-state index in [4.69, 9.17) is 0 Å². The van der Waals surface area contributed by atoms with E-state index < -0.39 is 6.36 Å². The SMILES string of the molecule is O=C(Nc1ccc(C2CCC(N3CCCC3)C2)cc1)c1ccc(OC(F)(F)F)cc1. The first-order valence-corrected chi connectivity index (χ1v) is 10.4. The second kappa shape index (κ2) is 8.68. The van der Waals surface area contributed by atoms with Crippen molar-refractivity contribution < 1.29 is 22.7 Å². The number of nitrogens with zero attached hydrogens (tertiary/aromatic N) is 1. The monoisotopic (exact) mass is 418 g/mol. The molecule has 4 nitrogen and oxygen atoms in total. The van der Waals surface area contributed by atoms with Crippen molar-refractivity contribution >= 4 is 11.6 Å². The highest BCUT2D eigenvalue weighted by atomic mass is 19.4. The zero-order chi connectivity index (χ0) is 21.1. The molecule has 2 atom stereocenters. The highest BCUT2D eigenvalue weighted by Crippen LogP contribution is 2.38. The minimum absolute atomic E-state index is 0.262. The molecule has 2 aliphatic rings. The summed E-state index contributed by atoms with van der Waals surface area (Å²) in [5, 5.41) is 2.79. The summed E-state index contributed by atoms with van der Waals surface area (Å²) < 4.78 is 40.5. The van der Waals surface area contributed by atoms with Crippen LogP contribution in [-0.2, 0) is 0 Å². The minimum atomic E-state index is -4.75. The van der Waals surface area contributed by atoms with Crippen LogP contribution in [0, 0.1) is 0 Å². The van der Waals surface area contributed by atoms with Gasteiger partial charge in [0.15, 0.2) is 0 Å². The Morgan fingerprint density at radius 1 is 0.967 bits per heavy atom. The van der Waals surface area contributed by atoms with Gasteiger partial charge in [-0.05, 0) is 93.1 Å². The second-order valence-corrected chi connectivity index (χ2v) is 8.06. The molecule has 0 spiro atoms. The van der Waals surface area contributed by atoms with E-state index in [1.165, 1.54) is 62.9 Å². The van der Waals surface area contributed by atoms with E-state index in [0.717, 1.165) is 12.1 Å². The van der Waals surface area contributed by atoms with Crippen LogP contribution < -0.4 is 10.1 Å². The van der Waals surface area contributed by atoms with Crippen LogP contribution in [0.2, 0.25) is 0 Å². The number of carbonyl (C=O) groups is 1. The predicted octanol–water partition coefficient (Wildman–Crippen LogP) is 5.57. The van der Waals surface area contributed by atoms with E-state index >= 15 is 0 Å². The van der Waals surface area contributed by atoms with Gasteiger partial charge in [0.2, 0.25) is 0 Å². The van der Waals surface area contributed by atoms with Crippen molar-refractivity contribution in [2.45, 2.75) is 50.4 Å². The molecule has 1 aliphatic carbocycles. The molecule has 1 saturated carbocycles. The number of benzene rings is 2. The lowest BCUT2D eigenvalue weighted by Gasteiger charge is -2.23. The Balaban J connectivity index is 1.32. The maximum Gasteiger partial charge on any atom is 0.573 e. The molecular weight excluding hydrogens is 393 g/mol. The largest absolute Gasteiger partial charge is 0.573 e. The van der Waals surface area contributed by atoms with Crippen molar-refractivity contribution in [1.29, 1.82) is 0 Å². The second-order valence-electron chi connectivity index (χ2n) is 8.06. The third-order valence-corrected chi connectivity index (χ3v) is 6.05. The average Bonchev–Trinajstić information content (AvgIpc) is 3.40. The summed E-state index contributed by atoms with van der Waals surface area (Å²) in [6, 6.07) is 13.5. The number of carbonyl (C=O) groups excluding carboxylic acids is 1. The Morgan fingerprint density at radius 2 is 1.63 bits per heavy atom. The van der Waals surface area contributed by atoms with Crippen LogP contribution >= 0.6 is 0 Å². The fourth-order valence-electron chi connectivity index (χ4n) is 4.55. The lowest BCUT2D eigenvalue weighted by molar-refractivity contribution is -0.274. The van der Waals surface area contributed by atoms with Gasteiger partial charge in [0.1, 0.15) is 5.75 Å². The zero-order valence-electron chi connectivity index (χ0n) is 16.6. The van der Waals surface area contributed by atoms with Crippen molar-refractivity contribution in [3.05, 3.63) is 59.7 Å². The van der Waals surface area contributed by atoms with Crippen LogP contribution in [0.1, 0.15) is 53.9 Å². The van der Waals surface area contributed by atoms with Gasteiger partial charge in [-0.15, -0.1) is 13.2 Å². The number of anilines is 1. The Hall–Kier alpha value is -2.54. The third-order valence-electron chi connectivity index (χ3n) is 6.05. The smallest absolute Gasteiger partial charge is 0.406 e. The highest BCUT2D eigenvalue weighted by Gasteiger charge is 2.32. The maximum absolute atomic E-state index is 12.4. The van der Waals surface area contributed by atoms with Crippen molar-refractivity contribution in [3.8, 4) is 5.75 Å². The molecule has 1 N–H and O–H groups in total. The number of amides is 1. The Morgan fingerprint density at radius 3 is 2.27 bits per heavy atom. The summed E-state index contributed by atoms with van der Waals surface area (Å²) in [6.45, 7) is 2.46. The van der Waals surface area contributed by atoms with E-state index in [2.05, 4.69) is 27.1 Å². The van der Waals surface area contributed by atoms with Gasteiger partial charge in [-0.2, -0.15) is 0 Å². The van der Waals surface area contributed by atoms with Gasteiger partial charge in [-0.1, -0.05) is 12.1 Å². The average molecular weight is 418 g/mol. The molecule has 1 heterocycles. The van der Waals surface area contributed by atoms with Crippen LogP contribution in [0.3, 0.4) is 0 Å². The number of hydrogen-bond acceptors (Lipinski definition) is 3. The highest BCUT2D eigenvalue weighted by molar-refractivity contribution is 6.04. The van der Waals surface area contributed by atoms with E-state index in [1.54, 1.807) is 0 Å². The summed E-state index contributed by atoms with van der Waals surface area (Å²) in [5.41, 5.74) is 2.22. The molecule has 30 heavy (non-hydrogen) atoms. The van der Waals surface area contributed by atoms with Crippen LogP contribution in [0.5, 0.6) is 5.75 Å². The first-order valence-electron chi connectivity index (χ1n) is 10.4. The molecule has 2 aromatic rings. The Kier molecular flexibility index (Phi) is 5.99. The number of nitrogens with one attached hydrogen (secondary N) is 1. The van der Waals surface area contributed by atoms with E-state index in [-0.39, 0.29) is 17.2 Å². The molecule has 160 valence electrons. The summed E-state index contributed by atoms with van der Waals surface area (Å²) >= 11 is 0. The number of ether oxygens (including phenoxy) is 1. The maximum atomic E-state index is 12.4. The summed E-state index contributed by atoms with van der Waals surface area (Å²) in [7, 11) is 0. The molecule has 1 saturated heterocycles. The van der Waals surface area contributed by atoms with Crippen molar-refractivity contribution in [1.82, 2.24) is 4.90 Å². The number of alkyl halides is 3. The summed E-state index contributed by atoms with van der Waals surface area (Å²) in [5.74, 6) is -0.176. The lowest BCUT2D eigenvalue weighted by Crippen LogP contribution is -2.30. The van der Waals surface area contributed by atoms with Gasteiger partial charge in [0, 0.05) is 17.3 Å². The topological polar surface area (TPSA) is 41.6 Å².